The van der Waals surface area contributed by atoms with E-state index in [0.717, 1.165) is 0 Å². The molecule has 2 bridgehead atoms. The molecule has 5 fully saturated rings. The third-order valence-electron chi connectivity index (χ3n) is 6.96. The molecule has 0 aromatic heterocycles. The van der Waals surface area contributed by atoms with Gasteiger partial charge in [0.15, 0.2) is 0 Å². The van der Waals surface area contributed by atoms with Gasteiger partial charge in [-0.15, -0.1) is 0 Å². The van der Waals surface area contributed by atoms with Crippen molar-refractivity contribution in [1.29, 1.82) is 0 Å². The molecule has 110 valence electrons. The number of hydrogen-bond acceptors (Lipinski definition) is 5. The smallest absolute Gasteiger partial charge is 0.342 e. The third kappa shape index (κ3) is 0.754. The van der Waals surface area contributed by atoms with Crippen molar-refractivity contribution in [3.8, 4) is 0 Å². The van der Waals surface area contributed by atoms with Gasteiger partial charge in [-0.3, -0.25) is 0 Å². The van der Waals surface area contributed by atoms with E-state index in [-0.39, 0.29) is 23.9 Å². The number of ether oxygens (including phenoxy) is 3. The Bertz CT molecular complexity index is 568. The van der Waals surface area contributed by atoms with E-state index in [1.165, 1.54) is 0 Å². The molecule has 9 atom stereocenters. The fraction of sp³-hybridized carbons (Fsp3) is 0.929. The van der Waals surface area contributed by atoms with Crippen LogP contribution in [0.5, 0.6) is 0 Å². The Balaban J connectivity index is 1.76. The monoisotopic (exact) mass is 344 g/mol. The zero-order valence-corrected chi connectivity index (χ0v) is 13.1. The molecule has 3 heterocycles. The first-order chi connectivity index (χ1) is 9.31. The lowest BCUT2D eigenvalue weighted by Gasteiger charge is -2.58. The van der Waals surface area contributed by atoms with Crippen molar-refractivity contribution in [3.05, 3.63) is 0 Å². The summed E-state index contributed by atoms with van der Waals surface area (Å²) in [6.45, 7) is 6.12. The summed E-state index contributed by atoms with van der Waals surface area (Å²) in [5.74, 6) is -0.243. The average molecular weight is 345 g/mol. The average Bonchev–Trinajstić information content (AvgIpc) is 3.02. The van der Waals surface area contributed by atoms with Crippen LogP contribution in [0.3, 0.4) is 0 Å². The van der Waals surface area contributed by atoms with Crippen LogP contribution in [0.4, 0.5) is 0 Å². The molecule has 3 aliphatic heterocycles. The second-order valence-corrected chi connectivity index (χ2v) is 7.97. The second kappa shape index (κ2) is 2.85. The third-order valence-corrected chi connectivity index (χ3v) is 8.07. The minimum Gasteiger partial charge on any atom is -0.457 e. The fourth-order valence-electron chi connectivity index (χ4n) is 6.13. The SMILES string of the molecule is CC1C2C(O)C3OC(=O)[C@@]45O[C@@H]4C1(O[C@]2(C)CBr)C35C. The maximum absolute atomic E-state index is 12.2. The van der Waals surface area contributed by atoms with Gasteiger partial charge in [-0.2, -0.15) is 0 Å². The van der Waals surface area contributed by atoms with Crippen LogP contribution in [0.25, 0.3) is 0 Å². The van der Waals surface area contributed by atoms with Crippen LogP contribution in [-0.2, 0) is 19.0 Å². The lowest BCUT2D eigenvalue weighted by atomic mass is 9.41. The van der Waals surface area contributed by atoms with Crippen LogP contribution in [0, 0.1) is 17.3 Å². The standard InChI is InChI=1S/C14H17BrO5/c1-5-6-7(16)8-12(3)13(5,20-11(6,2)4-15)9-14(12,19-9)10(17)18-8/h5-9,16H,4H2,1-3H3/t5?,6?,7?,8?,9-,11-,12?,13?,14+/m1/s1. The lowest BCUT2D eigenvalue weighted by Crippen LogP contribution is -2.77. The van der Waals surface area contributed by atoms with Gasteiger partial charge in [0.05, 0.1) is 17.1 Å². The molecule has 0 amide bonds. The van der Waals surface area contributed by atoms with Gasteiger partial charge in [0.2, 0.25) is 5.60 Å². The normalized spacial score (nSPS) is 71.8. The van der Waals surface area contributed by atoms with Crippen LogP contribution in [0.1, 0.15) is 20.8 Å². The first kappa shape index (κ1) is 12.4. The summed E-state index contributed by atoms with van der Waals surface area (Å²) in [6.07, 6.45) is -1.43. The molecular formula is C14H17BrO5. The number of epoxide rings is 1. The molecule has 2 spiro atoms. The van der Waals surface area contributed by atoms with E-state index < -0.39 is 34.4 Å². The van der Waals surface area contributed by atoms with Crippen LogP contribution in [0.2, 0.25) is 0 Å². The number of carbonyl (C=O) groups excluding carboxylic acids is 1. The van der Waals surface area contributed by atoms with Crippen molar-refractivity contribution in [2.45, 2.75) is 55.9 Å². The summed E-state index contributed by atoms with van der Waals surface area (Å²) in [5.41, 5.74) is -2.39. The highest BCUT2D eigenvalue weighted by atomic mass is 79.9. The van der Waals surface area contributed by atoms with E-state index in [2.05, 4.69) is 22.9 Å². The molecule has 6 unspecified atom stereocenters. The van der Waals surface area contributed by atoms with Gasteiger partial charge in [-0.05, 0) is 19.8 Å². The molecule has 1 N–H and O–H groups in total. The predicted molar refractivity (Wildman–Crippen MR) is 70.3 cm³/mol. The van der Waals surface area contributed by atoms with Crippen molar-refractivity contribution < 1.29 is 24.1 Å². The number of alkyl halides is 1. The number of carbonyl (C=O) groups is 1. The molecule has 2 aliphatic carbocycles. The van der Waals surface area contributed by atoms with Crippen molar-refractivity contribution in [2.24, 2.45) is 17.3 Å². The van der Waals surface area contributed by atoms with E-state index in [4.69, 9.17) is 14.2 Å². The minimum atomic E-state index is -0.852. The highest BCUT2D eigenvalue weighted by Crippen LogP contribution is 2.85. The first-order valence-electron chi connectivity index (χ1n) is 7.14. The van der Waals surface area contributed by atoms with Crippen LogP contribution in [0.15, 0.2) is 0 Å². The van der Waals surface area contributed by atoms with E-state index in [1.807, 2.05) is 13.8 Å². The van der Waals surface area contributed by atoms with Crippen LogP contribution < -0.4 is 0 Å². The quantitative estimate of drug-likeness (QED) is 0.429. The van der Waals surface area contributed by atoms with E-state index >= 15 is 0 Å². The molecule has 3 saturated heterocycles. The van der Waals surface area contributed by atoms with E-state index in [0.29, 0.717) is 5.33 Å². The Labute approximate surface area is 125 Å². The molecular weight excluding hydrogens is 328 g/mol. The first-order valence-corrected chi connectivity index (χ1v) is 8.26. The molecule has 0 aromatic rings. The van der Waals surface area contributed by atoms with Gasteiger partial charge in [0, 0.05) is 11.2 Å². The molecule has 0 radical (unpaired) electrons. The zero-order valence-electron chi connectivity index (χ0n) is 11.6. The van der Waals surface area contributed by atoms with Gasteiger partial charge < -0.3 is 19.3 Å². The Hall–Kier alpha value is -0.170. The highest BCUT2D eigenvalue weighted by Gasteiger charge is 3.04. The molecule has 20 heavy (non-hydrogen) atoms. The zero-order chi connectivity index (χ0) is 14.3. The Kier molecular flexibility index (Phi) is 1.76. The Morgan fingerprint density at radius 1 is 1.40 bits per heavy atom. The van der Waals surface area contributed by atoms with Gasteiger partial charge in [0.1, 0.15) is 17.8 Å². The number of aliphatic hydroxyl groups excluding tert-OH is 1. The number of halogens is 1. The number of fused-ring (bicyclic) bond motifs is 1. The number of aliphatic hydroxyl groups is 1. The molecule has 0 aromatic carbocycles. The van der Waals surface area contributed by atoms with Crippen LogP contribution >= 0.6 is 15.9 Å². The maximum atomic E-state index is 12.2. The van der Waals surface area contributed by atoms with Gasteiger partial charge in [-0.25, -0.2) is 4.79 Å². The van der Waals surface area contributed by atoms with Crippen molar-refractivity contribution >= 4 is 21.9 Å². The minimum absolute atomic E-state index is 0.0620. The Morgan fingerprint density at radius 3 is 2.75 bits per heavy atom. The summed E-state index contributed by atoms with van der Waals surface area (Å²) in [4.78, 5) is 12.2. The lowest BCUT2D eigenvalue weighted by molar-refractivity contribution is -0.228. The summed E-state index contributed by atoms with van der Waals surface area (Å²) >= 11 is 3.52. The molecule has 6 heteroatoms. The molecule has 5 rings (SSSR count). The van der Waals surface area contributed by atoms with E-state index in [1.54, 1.807) is 0 Å². The largest absolute Gasteiger partial charge is 0.457 e. The van der Waals surface area contributed by atoms with Crippen LogP contribution in [-0.4, -0.2) is 51.5 Å². The summed E-state index contributed by atoms with van der Waals surface area (Å²) in [6, 6.07) is 0. The van der Waals surface area contributed by atoms with Crippen molar-refractivity contribution in [3.63, 3.8) is 0 Å². The summed E-state index contributed by atoms with van der Waals surface area (Å²) in [5, 5.41) is 11.5. The number of rotatable bonds is 1. The second-order valence-electron chi connectivity index (χ2n) is 7.41. The van der Waals surface area contributed by atoms with Gasteiger partial charge >= 0.3 is 5.97 Å². The van der Waals surface area contributed by atoms with Crippen molar-refractivity contribution in [2.75, 3.05) is 5.33 Å². The molecule has 5 aliphatic rings. The van der Waals surface area contributed by atoms with Gasteiger partial charge in [0.25, 0.3) is 0 Å². The number of esters is 1. The molecule has 2 saturated carbocycles. The fourth-order valence-corrected chi connectivity index (χ4v) is 6.62. The van der Waals surface area contributed by atoms with Crippen molar-refractivity contribution in [1.82, 2.24) is 0 Å². The number of hydrogen-bond donors (Lipinski definition) is 1. The maximum Gasteiger partial charge on any atom is 0.342 e. The van der Waals surface area contributed by atoms with Gasteiger partial charge in [-0.1, -0.05) is 22.9 Å². The van der Waals surface area contributed by atoms with E-state index in [9.17, 15) is 9.90 Å². The predicted octanol–water partition coefficient (Wildman–Crippen LogP) is 0.619. The summed E-state index contributed by atoms with van der Waals surface area (Å²) < 4.78 is 17.9. The summed E-state index contributed by atoms with van der Waals surface area (Å²) in [7, 11) is 0. The molecule has 5 nitrogen and oxygen atoms in total. The topological polar surface area (TPSA) is 68.3 Å². The Morgan fingerprint density at radius 2 is 2.10 bits per heavy atom. The highest BCUT2D eigenvalue weighted by molar-refractivity contribution is 9.09.